The van der Waals surface area contributed by atoms with Gasteiger partial charge in [0.1, 0.15) is 0 Å². The van der Waals surface area contributed by atoms with E-state index in [0.29, 0.717) is 6.54 Å². The molecule has 2 N–H and O–H groups in total. The summed E-state index contributed by atoms with van der Waals surface area (Å²) >= 11 is 5.34. The number of hydrogen-bond acceptors (Lipinski definition) is 2. The molecule has 0 aliphatic rings. The fourth-order valence-corrected chi connectivity index (χ4v) is 3.77. The summed E-state index contributed by atoms with van der Waals surface area (Å²) in [4.78, 5) is 2.54. The van der Waals surface area contributed by atoms with Crippen molar-refractivity contribution in [2.45, 2.75) is 16.2 Å². The molecule has 0 saturated carbocycles. The zero-order chi connectivity index (χ0) is 14.7. The number of nitrogens with two attached hydrogens (primary N) is 1. The highest BCUT2D eigenvalue weighted by Gasteiger charge is 2.06. The highest BCUT2D eigenvalue weighted by molar-refractivity contribution is 9.10. The summed E-state index contributed by atoms with van der Waals surface area (Å²) in [7, 11) is 0. The fraction of sp³-hybridized carbons (Fsp3) is 0.111. The summed E-state index contributed by atoms with van der Waals surface area (Å²) in [5.41, 5.74) is 7.02. The molecule has 0 saturated heterocycles. The van der Waals surface area contributed by atoms with Gasteiger partial charge in [0.05, 0.1) is 0 Å². The Morgan fingerprint density at radius 1 is 0.905 bits per heavy atom. The molecule has 21 heavy (non-hydrogen) atoms. The molecule has 0 atom stereocenters. The highest BCUT2D eigenvalue weighted by atomic mass is 79.9. The van der Waals surface area contributed by atoms with Crippen LogP contribution in [0, 0.1) is 0 Å². The molecule has 3 heteroatoms. The van der Waals surface area contributed by atoms with Gasteiger partial charge >= 0.3 is 0 Å². The van der Waals surface area contributed by atoms with E-state index in [9.17, 15) is 0 Å². The van der Waals surface area contributed by atoms with Crippen molar-refractivity contribution < 1.29 is 0 Å². The molecule has 0 spiro atoms. The van der Waals surface area contributed by atoms with E-state index in [1.54, 1.807) is 11.8 Å². The molecule has 0 aliphatic carbocycles. The second-order valence-electron chi connectivity index (χ2n) is 4.90. The topological polar surface area (TPSA) is 26.0 Å². The van der Waals surface area contributed by atoms with Crippen molar-refractivity contribution in [1.29, 1.82) is 0 Å². The molecule has 3 rings (SSSR count). The average molecular weight is 358 g/mol. The zero-order valence-electron chi connectivity index (χ0n) is 11.6. The van der Waals surface area contributed by atoms with Gasteiger partial charge in [-0.25, -0.2) is 0 Å². The minimum atomic E-state index is 0.668. The molecule has 0 bridgehead atoms. The lowest BCUT2D eigenvalue weighted by molar-refractivity contribution is 0.943. The predicted molar refractivity (Wildman–Crippen MR) is 95.0 cm³/mol. The molecule has 0 heterocycles. The lowest BCUT2D eigenvalue weighted by Gasteiger charge is -2.10. The minimum absolute atomic E-state index is 0.668. The molecule has 1 nitrogen and oxygen atoms in total. The van der Waals surface area contributed by atoms with Crippen LogP contribution >= 0.6 is 27.7 Å². The maximum atomic E-state index is 5.72. The van der Waals surface area contributed by atoms with Crippen LogP contribution in [0.3, 0.4) is 0 Å². The van der Waals surface area contributed by atoms with Crippen LogP contribution in [0.4, 0.5) is 0 Å². The van der Waals surface area contributed by atoms with Crippen molar-refractivity contribution in [3.8, 4) is 0 Å². The van der Waals surface area contributed by atoms with Crippen LogP contribution < -0.4 is 5.73 Å². The van der Waals surface area contributed by atoms with E-state index in [2.05, 4.69) is 76.6 Å². The Kier molecular flexibility index (Phi) is 4.63. The first kappa shape index (κ1) is 14.6. The summed E-state index contributed by atoms with van der Waals surface area (Å²) in [6, 6.07) is 21.5. The van der Waals surface area contributed by atoms with E-state index in [-0.39, 0.29) is 0 Å². The lowest BCUT2D eigenvalue weighted by Crippen LogP contribution is -2.03. The van der Waals surface area contributed by atoms with Gasteiger partial charge in [-0.2, -0.15) is 0 Å². The van der Waals surface area contributed by atoms with Gasteiger partial charge in [-0.05, 0) is 59.6 Å². The van der Waals surface area contributed by atoms with Crippen molar-refractivity contribution in [2.75, 3.05) is 6.54 Å². The Morgan fingerprint density at radius 2 is 1.71 bits per heavy atom. The molecule has 0 fully saturated rings. The quantitative estimate of drug-likeness (QED) is 0.689. The van der Waals surface area contributed by atoms with Crippen molar-refractivity contribution in [1.82, 2.24) is 0 Å². The smallest absolute Gasteiger partial charge is 0.0178 e. The molecule has 3 aromatic rings. The van der Waals surface area contributed by atoms with E-state index in [4.69, 9.17) is 5.73 Å². The predicted octanol–water partition coefficient (Wildman–Crippen LogP) is 5.25. The van der Waals surface area contributed by atoms with Crippen LogP contribution in [-0.4, -0.2) is 6.54 Å². The monoisotopic (exact) mass is 357 g/mol. The van der Waals surface area contributed by atoms with E-state index in [0.717, 1.165) is 10.9 Å². The van der Waals surface area contributed by atoms with E-state index in [1.807, 2.05) is 0 Å². The average Bonchev–Trinajstić information content (AvgIpc) is 2.50. The summed E-state index contributed by atoms with van der Waals surface area (Å²) in [5, 5.41) is 2.56. The first-order chi connectivity index (χ1) is 10.3. The maximum absolute atomic E-state index is 5.72. The maximum Gasteiger partial charge on any atom is 0.0178 e. The molecule has 3 aromatic carbocycles. The second kappa shape index (κ2) is 6.65. The summed E-state index contributed by atoms with van der Waals surface area (Å²) < 4.78 is 1.11. The molecule has 0 unspecified atom stereocenters. The van der Waals surface area contributed by atoms with Gasteiger partial charge in [0.25, 0.3) is 0 Å². The number of hydrogen-bond donors (Lipinski definition) is 1. The molecular weight excluding hydrogens is 342 g/mol. The van der Waals surface area contributed by atoms with Crippen molar-refractivity contribution >= 4 is 38.5 Å². The summed E-state index contributed by atoms with van der Waals surface area (Å²) in [5.74, 6) is 0. The SMILES string of the molecule is NCCc1cc(Br)ccc1Sc1ccc2ccccc2c1. The Bertz CT molecular complexity index is 770. The Hall–Kier alpha value is -1.29. The van der Waals surface area contributed by atoms with Crippen LogP contribution in [0.15, 0.2) is 74.9 Å². The molecular formula is C18H16BrNS. The Balaban J connectivity index is 1.94. The van der Waals surface area contributed by atoms with Crippen LogP contribution in [0.5, 0.6) is 0 Å². The normalized spacial score (nSPS) is 11.0. The standard InChI is InChI=1S/C18H16BrNS/c19-16-6-8-18(15(11-16)9-10-20)21-17-7-5-13-3-1-2-4-14(13)12-17/h1-8,11-12H,9-10,20H2. The number of fused-ring (bicyclic) bond motifs is 1. The van der Waals surface area contributed by atoms with E-state index in [1.165, 1.54) is 26.1 Å². The van der Waals surface area contributed by atoms with Crippen molar-refractivity contribution in [2.24, 2.45) is 5.73 Å². The largest absolute Gasteiger partial charge is 0.330 e. The first-order valence-corrected chi connectivity index (χ1v) is 8.52. The van der Waals surface area contributed by atoms with Crippen molar-refractivity contribution in [3.63, 3.8) is 0 Å². The van der Waals surface area contributed by atoms with Gasteiger partial charge in [0, 0.05) is 14.3 Å². The van der Waals surface area contributed by atoms with Crippen LogP contribution in [0.1, 0.15) is 5.56 Å². The van der Waals surface area contributed by atoms with Gasteiger partial charge in [-0.1, -0.05) is 58.0 Å². The van der Waals surface area contributed by atoms with Gasteiger partial charge < -0.3 is 5.73 Å². The summed E-state index contributed by atoms with van der Waals surface area (Å²) in [6.45, 7) is 0.668. The van der Waals surface area contributed by atoms with Crippen LogP contribution in [-0.2, 0) is 6.42 Å². The number of benzene rings is 3. The highest BCUT2D eigenvalue weighted by Crippen LogP contribution is 2.33. The van der Waals surface area contributed by atoms with Crippen LogP contribution in [0.2, 0.25) is 0 Å². The van der Waals surface area contributed by atoms with Gasteiger partial charge in [-0.3, -0.25) is 0 Å². The fourth-order valence-electron chi connectivity index (χ4n) is 2.36. The van der Waals surface area contributed by atoms with Crippen LogP contribution in [0.25, 0.3) is 10.8 Å². The van der Waals surface area contributed by atoms with Gasteiger partial charge in [0.2, 0.25) is 0 Å². The molecule has 106 valence electrons. The molecule has 0 aliphatic heterocycles. The zero-order valence-corrected chi connectivity index (χ0v) is 14.0. The third kappa shape index (κ3) is 3.49. The second-order valence-corrected chi connectivity index (χ2v) is 6.93. The molecule has 0 amide bonds. The van der Waals surface area contributed by atoms with E-state index >= 15 is 0 Å². The molecule has 0 radical (unpaired) electrons. The third-order valence-electron chi connectivity index (χ3n) is 3.38. The first-order valence-electron chi connectivity index (χ1n) is 6.91. The van der Waals surface area contributed by atoms with Crippen molar-refractivity contribution in [3.05, 3.63) is 70.7 Å². The van der Waals surface area contributed by atoms with Gasteiger partial charge in [0.15, 0.2) is 0 Å². The molecule has 0 aromatic heterocycles. The Morgan fingerprint density at radius 3 is 2.52 bits per heavy atom. The van der Waals surface area contributed by atoms with Gasteiger partial charge in [-0.15, -0.1) is 0 Å². The lowest BCUT2D eigenvalue weighted by atomic mass is 10.1. The number of rotatable bonds is 4. The Labute approximate surface area is 137 Å². The number of halogens is 1. The van der Waals surface area contributed by atoms with E-state index < -0.39 is 0 Å². The summed E-state index contributed by atoms with van der Waals surface area (Å²) in [6.07, 6.45) is 0.898. The minimum Gasteiger partial charge on any atom is -0.330 e. The third-order valence-corrected chi connectivity index (χ3v) is 4.99.